The van der Waals surface area contributed by atoms with Gasteiger partial charge in [-0.15, -0.1) is 0 Å². The summed E-state index contributed by atoms with van der Waals surface area (Å²) in [5, 5.41) is 11.3. The zero-order valence-corrected chi connectivity index (χ0v) is 9.45. The Balaban J connectivity index is 2.04. The Morgan fingerprint density at radius 2 is 2.06 bits per heavy atom. The maximum Gasteiger partial charge on any atom is 0.303 e. The number of carbonyl (C=O) groups excluding carboxylic acids is 1. The van der Waals surface area contributed by atoms with Crippen molar-refractivity contribution in [1.82, 2.24) is 5.32 Å². The molecular weight excluding hydrogens is 208 g/mol. The molecule has 2 unspecified atom stereocenters. The Morgan fingerprint density at radius 1 is 1.31 bits per heavy atom. The molecule has 92 valence electrons. The van der Waals surface area contributed by atoms with Gasteiger partial charge >= 0.3 is 5.97 Å². The summed E-state index contributed by atoms with van der Waals surface area (Å²) in [6.45, 7) is 0.567. The smallest absolute Gasteiger partial charge is 0.303 e. The van der Waals surface area contributed by atoms with E-state index < -0.39 is 5.97 Å². The molecule has 5 nitrogen and oxygen atoms in total. The predicted octanol–water partition coefficient (Wildman–Crippen LogP) is 0.485. The lowest BCUT2D eigenvalue weighted by molar-refractivity contribution is -0.137. The van der Waals surface area contributed by atoms with E-state index in [1.54, 1.807) is 0 Å². The second-order valence-electron chi connectivity index (χ2n) is 4.41. The van der Waals surface area contributed by atoms with Crippen LogP contribution in [0.15, 0.2) is 0 Å². The summed E-state index contributed by atoms with van der Waals surface area (Å²) in [4.78, 5) is 21.8. The van der Waals surface area contributed by atoms with Gasteiger partial charge in [0.25, 0.3) is 0 Å². The first-order valence-corrected chi connectivity index (χ1v) is 5.84. The highest BCUT2D eigenvalue weighted by Gasteiger charge is 2.27. The van der Waals surface area contributed by atoms with Crippen LogP contribution in [0.2, 0.25) is 0 Å². The van der Waals surface area contributed by atoms with E-state index >= 15 is 0 Å². The Kier molecular flexibility index (Phi) is 5.25. The largest absolute Gasteiger partial charge is 0.481 e. The van der Waals surface area contributed by atoms with Crippen LogP contribution >= 0.6 is 0 Å². The van der Waals surface area contributed by atoms with Gasteiger partial charge in [0.2, 0.25) is 5.91 Å². The summed E-state index contributed by atoms with van der Waals surface area (Å²) < 4.78 is 0. The minimum atomic E-state index is -0.784. The number of nitrogens with two attached hydrogens (primary N) is 1. The number of carboxylic acids is 1. The SMILES string of the molecule is NC1CCC(C(=O)NCCCCC(=O)O)C1. The van der Waals surface area contributed by atoms with Gasteiger partial charge in [-0.2, -0.15) is 0 Å². The number of nitrogens with one attached hydrogen (secondary N) is 1. The van der Waals surface area contributed by atoms with Crippen LogP contribution in [0.1, 0.15) is 38.5 Å². The van der Waals surface area contributed by atoms with E-state index in [1.807, 2.05) is 0 Å². The first-order chi connectivity index (χ1) is 7.59. The Morgan fingerprint density at radius 3 is 2.62 bits per heavy atom. The van der Waals surface area contributed by atoms with Crippen LogP contribution in [-0.2, 0) is 9.59 Å². The average Bonchev–Trinajstić information content (AvgIpc) is 2.63. The van der Waals surface area contributed by atoms with Crippen LogP contribution in [0.3, 0.4) is 0 Å². The lowest BCUT2D eigenvalue weighted by Gasteiger charge is -2.10. The van der Waals surface area contributed by atoms with Crippen LogP contribution < -0.4 is 11.1 Å². The van der Waals surface area contributed by atoms with E-state index in [-0.39, 0.29) is 24.3 Å². The van der Waals surface area contributed by atoms with Crippen molar-refractivity contribution in [3.63, 3.8) is 0 Å². The molecule has 1 aliphatic carbocycles. The molecular formula is C11H20N2O3. The van der Waals surface area contributed by atoms with Gasteiger partial charge < -0.3 is 16.2 Å². The lowest BCUT2D eigenvalue weighted by atomic mass is 10.1. The molecule has 0 heterocycles. The summed E-state index contributed by atoms with van der Waals surface area (Å²) in [5.74, 6) is -0.647. The van der Waals surface area contributed by atoms with Crippen molar-refractivity contribution in [2.45, 2.75) is 44.6 Å². The lowest BCUT2D eigenvalue weighted by Crippen LogP contribution is -2.31. The van der Waals surface area contributed by atoms with Gasteiger partial charge in [-0.3, -0.25) is 9.59 Å². The van der Waals surface area contributed by atoms with Crippen molar-refractivity contribution >= 4 is 11.9 Å². The van der Waals surface area contributed by atoms with E-state index in [1.165, 1.54) is 0 Å². The van der Waals surface area contributed by atoms with Gasteiger partial charge in [-0.25, -0.2) is 0 Å². The van der Waals surface area contributed by atoms with Crippen molar-refractivity contribution in [2.75, 3.05) is 6.54 Å². The molecule has 0 aromatic heterocycles. The molecule has 5 heteroatoms. The molecule has 1 aliphatic rings. The molecule has 0 aliphatic heterocycles. The third kappa shape index (κ3) is 4.61. The molecule has 1 amide bonds. The Hall–Kier alpha value is -1.10. The Labute approximate surface area is 95.4 Å². The summed E-state index contributed by atoms with van der Waals surface area (Å²) in [6.07, 6.45) is 4.08. The third-order valence-corrected chi connectivity index (χ3v) is 2.96. The highest BCUT2D eigenvalue weighted by Crippen LogP contribution is 2.23. The van der Waals surface area contributed by atoms with Gasteiger partial charge in [-0.05, 0) is 32.1 Å². The van der Waals surface area contributed by atoms with Crippen LogP contribution in [0.4, 0.5) is 0 Å². The standard InChI is InChI=1S/C11H20N2O3/c12-9-5-4-8(7-9)11(16)13-6-2-1-3-10(14)15/h8-9H,1-7,12H2,(H,13,16)(H,14,15). The van der Waals surface area contributed by atoms with Crippen molar-refractivity contribution < 1.29 is 14.7 Å². The number of hydrogen-bond acceptors (Lipinski definition) is 3. The summed E-state index contributed by atoms with van der Waals surface area (Å²) in [5.41, 5.74) is 5.73. The molecule has 1 saturated carbocycles. The van der Waals surface area contributed by atoms with E-state index in [4.69, 9.17) is 10.8 Å². The molecule has 1 rings (SSSR count). The van der Waals surface area contributed by atoms with Gasteiger partial charge in [0.05, 0.1) is 0 Å². The average molecular weight is 228 g/mol. The van der Waals surface area contributed by atoms with Crippen molar-refractivity contribution in [3.8, 4) is 0 Å². The maximum atomic E-state index is 11.6. The van der Waals surface area contributed by atoms with E-state index in [2.05, 4.69) is 5.32 Å². The summed E-state index contributed by atoms with van der Waals surface area (Å²) >= 11 is 0. The fourth-order valence-corrected chi connectivity index (χ4v) is 2.01. The predicted molar refractivity (Wildman–Crippen MR) is 59.8 cm³/mol. The van der Waals surface area contributed by atoms with E-state index in [9.17, 15) is 9.59 Å². The molecule has 0 bridgehead atoms. The van der Waals surface area contributed by atoms with E-state index in [0.29, 0.717) is 13.0 Å². The quantitative estimate of drug-likeness (QED) is 0.577. The van der Waals surface area contributed by atoms with E-state index in [0.717, 1.165) is 25.7 Å². The molecule has 0 spiro atoms. The fourth-order valence-electron chi connectivity index (χ4n) is 2.01. The summed E-state index contributed by atoms with van der Waals surface area (Å²) in [6, 6.07) is 0.169. The van der Waals surface area contributed by atoms with Crippen molar-refractivity contribution in [3.05, 3.63) is 0 Å². The first-order valence-electron chi connectivity index (χ1n) is 5.84. The van der Waals surface area contributed by atoms with Crippen LogP contribution in [0, 0.1) is 5.92 Å². The Bertz CT molecular complexity index is 256. The summed E-state index contributed by atoms with van der Waals surface area (Å²) in [7, 11) is 0. The number of aliphatic carboxylic acids is 1. The number of unbranched alkanes of at least 4 members (excludes halogenated alkanes) is 1. The molecule has 1 fully saturated rings. The van der Waals surface area contributed by atoms with Crippen LogP contribution in [-0.4, -0.2) is 29.6 Å². The number of rotatable bonds is 6. The molecule has 0 radical (unpaired) electrons. The molecule has 4 N–H and O–H groups in total. The number of amides is 1. The second-order valence-corrected chi connectivity index (χ2v) is 4.41. The zero-order valence-electron chi connectivity index (χ0n) is 9.45. The highest BCUT2D eigenvalue weighted by atomic mass is 16.4. The molecule has 0 aromatic rings. The van der Waals surface area contributed by atoms with Gasteiger partial charge in [-0.1, -0.05) is 0 Å². The number of carbonyl (C=O) groups is 2. The normalized spacial score (nSPS) is 24.3. The number of carboxylic acid groups (broad SMARTS) is 1. The van der Waals surface area contributed by atoms with Gasteiger partial charge in [0.1, 0.15) is 0 Å². The molecule has 0 saturated heterocycles. The maximum absolute atomic E-state index is 11.6. The van der Waals surface area contributed by atoms with Crippen molar-refractivity contribution in [1.29, 1.82) is 0 Å². The third-order valence-electron chi connectivity index (χ3n) is 2.96. The topological polar surface area (TPSA) is 92.4 Å². The highest BCUT2D eigenvalue weighted by molar-refractivity contribution is 5.78. The van der Waals surface area contributed by atoms with Crippen LogP contribution in [0.5, 0.6) is 0 Å². The monoisotopic (exact) mass is 228 g/mol. The van der Waals surface area contributed by atoms with Crippen molar-refractivity contribution in [2.24, 2.45) is 11.7 Å². The minimum absolute atomic E-state index is 0.0643. The molecule has 2 atom stereocenters. The molecule has 0 aromatic carbocycles. The van der Waals surface area contributed by atoms with Gasteiger partial charge in [0.15, 0.2) is 0 Å². The first kappa shape index (κ1) is 13.0. The van der Waals surface area contributed by atoms with Crippen LogP contribution in [0.25, 0.3) is 0 Å². The molecule has 16 heavy (non-hydrogen) atoms. The second kappa shape index (κ2) is 6.48. The fraction of sp³-hybridized carbons (Fsp3) is 0.818. The minimum Gasteiger partial charge on any atom is -0.481 e. The van der Waals surface area contributed by atoms with Gasteiger partial charge in [0, 0.05) is 24.9 Å². The number of hydrogen-bond donors (Lipinski definition) is 3. The zero-order chi connectivity index (χ0) is 12.0.